The number of likely N-dealkylation sites (N-methyl/N-ethyl adjacent to an activating group) is 1. The Bertz CT molecular complexity index is 762. The molecule has 2 aromatic rings. The van der Waals surface area contributed by atoms with Gasteiger partial charge in [0.25, 0.3) is 5.91 Å². The summed E-state index contributed by atoms with van der Waals surface area (Å²) in [6, 6.07) is 19.6. The highest BCUT2D eigenvalue weighted by atomic mass is 16.6. The number of nitrogens with zero attached hydrogens (tertiary/aromatic N) is 1. The standard InChI is InChI=1S/C21H23NO4/c1-14(23)26-19-17(15-10-6-4-7-11-15)18(16-12-8-5-9-13-16)21(25-3)22(2)20(19)24/h4-13,17-19,21H,1-3H3. The Morgan fingerprint density at radius 2 is 1.42 bits per heavy atom. The minimum Gasteiger partial charge on any atom is -0.452 e. The topological polar surface area (TPSA) is 55.8 Å². The highest BCUT2D eigenvalue weighted by Gasteiger charge is 2.50. The van der Waals surface area contributed by atoms with Crippen LogP contribution in [0.25, 0.3) is 0 Å². The number of piperidine rings is 1. The largest absolute Gasteiger partial charge is 0.452 e. The fourth-order valence-electron chi connectivity index (χ4n) is 3.80. The van der Waals surface area contributed by atoms with E-state index in [0.29, 0.717) is 0 Å². The first kappa shape index (κ1) is 18.1. The molecule has 1 fully saturated rings. The second kappa shape index (κ2) is 7.70. The van der Waals surface area contributed by atoms with E-state index in [1.165, 1.54) is 11.8 Å². The van der Waals surface area contributed by atoms with Gasteiger partial charge in [-0.05, 0) is 11.1 Å². The molecule has 0 aliphatic carbocycles. The van der Waals surface area contributed by atoms with Gasteiger partial charge in [0.05, 0.1) is 0 Å². The van der Waals surface area contributed by atoms with Crippen LogP contribution in [0.3, 0.4) is 0 Å². The number of likely N-dealkylation sites (tertiary alicyclic amines) is 1. The second-order valence-electron chi connectivity index (χ2n) is 6.48. The van der Waals surface area contributed by atoms with Crippen molar-refractivity contribution in [2.45, 2.75) is 31.1 Å². The van der Waals surface area contributed by atoms with E-state index in [4.69, 9.17) is 9.47 Å². The van der Waals surface area contributed by atoms with Gasteiger partial charge in [0.1, 0.15) is 6.23 Å². The van der Waals surface area contributed by atoms with E-state index in [0.717, 1.165) is 11.1 Å². The fraction of sp³-hybridized carbons (Fsp3) is 0.333. The van der Waals surface area contributed by atoms with Gasteiger partial charge in [0.15, 0.2) is 6.10 Å². The molecule has 2 aromatic carbocycles. The van der Waals surface area contributed by atoms with E-state index in [-0.39, 0.29) is 17.7 Å². The molecular formula is C21H23NO4. The van der Waals surface area contributed by atoms with E-state index in [2.05, 4.69) is 0 Å². The van der Waals surface area contributed by atoms with Gasteiger partial charge in [-0.1, -0.05) is 60.7 Å². The molecule has 4 atom stereocenters. The summed E-state index contributed by atoms with van der Waals surface area (Å²) in [5, 5.41) is 0. The van der Waals surface area contributed by atoms with Gasteiger partial charge in [0.2, 0.25) is 0 Å². The molecule has 0 bridgehead atoms. The van der Waals surface area contributed by atoms with Crippen LogP contribution < -0.4 is 0 Å². The van der Waals surface area contributed by atoms with E-state index >= 15 is 0 Å². The smallest absolute Gasteiger partial charge is 0.303 e. The third-order valence-corrected chi connectivity index (χ3v) is 4.90. The van der Waals surface area contributed by atoms with Crippen LogP contribution in [0.2, 0.25) is 0 Å². The molecule has 1 amide bonds. The highest BCUT2D eigenvalue weighted by Crippen LogP contribution is 2.45. The van der Waals surface area contributed by atoms with Crippen molar-refractivity contribution < 1.29 is 19.1 Å². The summed E-state index contributed by atoms with van der Waals surface area (Å²) in [6.07, 6.45) is -1.35. The van der Waals surface area contributed by atoms with E-state index < -0.39 is 18.3 Å². The second-order valence-corrected chi connectivity index (χ2v) is 6.48. The number of ether oxygens (including phenoxy) is 2. The maximum atomic E-state index is 13.0. The van der Waals surface area contributed by atoms with Gasteiger partial charge < -0.3 is 14.4 Å². The Labute approximate surface area is 153 Å². The van der Waals surface area contributed by atoms with Crippen molar-refractivity contribution in [3.8, 4) is 0 Å². The van der Waals surface area contributed by atoms with E-state index in [1.54, 1.807) is 14.2 Å². The van der Waals surface area contributed by atoms with Crippen molar-refractivity contribution in [1.29, 1.82) is 0 Å². The number of carbonyl (C=O) groups is 2. The number of esters is 1. The summed E-state index contributed by atoms with van der Waals surface area (Å²) in [6.45, 7) is 1.33. The number of carbonyl (C=O) groups excluding carboxylic acids is 2. The van der Waals surface area contributed by atoms with Crippen molar-refractivity contribution in [1.82, 2.24) is 4.90 Å². The zero-order chi connectivity index (χ0) is 18.7. The predicted octanol–water partition coefficient (Wildman–Crippen LogP) is 2.93. The molecule has 0 aromatic heterocycles. The van der Waals surface area contributed by atoms with Gasteiger partial charge in [-0.3, -0.25) is 9.59 Å². The van der Waals surface area contributed by atoms with Gasteiger partial charge in [-0.25, -0.2) is 0 Å². The summed E-state index contributed by atoms with van der Waals surface area (Å²) in [5.41, 5.74) is 1.97. The number of hydrogen-bond acceptors (Lipinski definition) is 4. The normalized spacial score (nSPS) is 25.8. The van der Waals surface area contributed by atoms with Crippen molar-refractivity contribution in [3.63, 3.8) is 0 Å². The Morgan fingerprint density at radius 3 is 1.88 bits per heavy atom. The highest BCUT2D eigenvalue weighted by molar-refractivity contribution is 5.86. The van der Waals surface area contributed by atoms with Gasteiger partial charge in [0, 0.05) is 32.9 Å². The molecule has 5 heteroatoms. The fourth-order valence-corrected chi connectivity index (χ4v) is 3.80. The monoisotopic (exact) mass is 353 g/mol. The van der Waals surface area contributed by atoms with Gasteiger partial charge in [-0.15, -0.1) is 0 Å². The first-order chi connectivity index (χ1) is 12.5. The average molecular weight is 353 g/mol. The minimum atomic E-state index is -0.892. The molecule has 136 valence electrons. The summed E-state index contributed by atoms with van der Waals surface area (Å²) < 4.78 is 11.2. The van der Waals surface area contributed by atoms with Crippen LogP contribution in [0, 0.1) is 0 Å². The number of hydrogen-bond donors (Lipinski definition) is 0. The van der Waals surface area contributed by atoms with Crippen LogP contribution in [0.1, 0.15) is 29.9 Å². The zero-order valence-corrected chi connectivity index (χ0v) is 15.2. The van der Waals surface area contributed by atoms with Crippen LogP contribution in [0.15, 0.2) is 60.7 Å². The van der Waals surface area contributed by atoms with Crippen LogP contribution in [-0.2, 0) is 19.1 Å². The Morgan fingerprint density at radius 1 is 0.923 bits per heavy atom. The summed E-state index contributed by atoms with van der Waals surface area (Å²) in [4.78, 5) is 26.2. The zero-order valence-electron chi connectivity index (χ0n) is 15.2. The third-order valence-electron chi connectivity index (χ3n) is 4.90. The molecule has 26 heavy (non-hydrogen) atoms. The lowest BCUT2D eigenvalue weighted by Gasteiger charge is -2.46. The Hall–Kier alpha value is -2.66. The summed E-state index contributed by atoms with van der Waals surface area (Å²) in [5.74, 6) is -1.24. The van der Waals surface area contributed by atoms with Crippen molar-refractivity contribution in [2.75, 3.05) is 14.2 Å². The average Bonchev–Trinajstić information content (AvgIpc) is 2.66. The molecule has 5 nitrogen and oxygen atoms in total. The first-order valence-electron chi connectivity index (χ1n) is 8.61. The molecule has 1 aliphatic heterocycles. The molecule has 3 rings (SSSR count). The third kappa shape index (κ3) is 3.35. The lowest BCUT2D eigenvalue weighted by molar-refractivity contribution is -0.177. The van der Waals surface area contributed by atoms with Crippen molar-refractivity contribution >= 4 is 11.9 Å². The molecule has 0 N–H and O–H groups in total. The maximum Gasteiger partial charge on any atom is 0.303 e. The quantitative estimate of drug-likeness (QED) is 0.793. The number of methoxy groups -OCH3 is 1. The van der Waals surface area contributed by atoms with Crippen LogP contribution in [0.4, 0.5) is 0 Å². The SMILES string of the molecule is COC1C(c2ccccc2)C(c2ccccc2)C(OC(C)=O)C(=O)N1C. The molecule has 4 unspecified atom stereocenters. The van der Waals surface area contributed by atoms with Crippen LogP contribution in [-0.4, -0.2) is 43.3 Å². The molecule has 0 spiro atoms. The van der Waals surface area contributed by atoms with E-state index in [1.807, 2.05) is 60.7 Å². The minimum absolute atomic E-state index is 0.171. The van der Waals surface area contributed by atoms with Crippen LogP contribution in [0.5, 0.6) is 0 Å². The van der Waals surface area contributed by atoms with Gasteiger partial charge in [-0.2, -0.15) is 0 Å². The molecular weight excluding hydrogens is 330 g/mol. The molecule has 0 radical (unpaired) electrons. The van der Waals surface area contributed by atoms with Crippen LogP contribution >= 0.6 is 0 Å². The lowest BCUT2D eigenvalue weighted by atomic mass is 9.73. The molecule has 1 heterocycles. The van der Waals surface area contributed by atoms with Gasteiger partial charge >= 0.3 is 5.97 Å². The predicted molar refractivity (Wildman–Crippen MR) is 97.5 cm³/mol. The number of amides is 1. The summed E-state index contributed by atoms with van der Waals surface area (Å²) >= 11 is 0. The lowest BCUT2D eigenvalue weighted by Crippen LogP contribution is -2.57. The van der Waals surface area contributed by atoms with Crippen molar-refractivity contribution in [2.24, 2.45) is 0 Å². The molecule has 1 saturated heterocycles. The van der Waals surface area contributed by atoms with E-state index in [9.17, 15) is 9.59 Å². The number of rotatable bonds is 4. The van der Waals surface area contributed by atoms with Crippen molar-refractivity contribution in [3.05, 3.63) is 71.8 Å². The summed E-state index contributed by atoms with van der Waals surface area (Å²) in [7, 11) is 3.28. The molecule has 0 saturated carbocycles. The Balaban J connectivity index is 2.17. The molecule has 1 aliphatic rings. The first-order valence-corrected chi connectivity index (χ1v) is 8.61. The Kier molecular flexibility index (Phi) is 5.38. The maximum absolute atomic E-state index is 13.0. The number of benzene rings is 2.